The number of carbonyl (C=O) groups is 1. The molecule has 0 saturated heterocycles. The number of nitrogens with two attached hydrogens (primary N) is 1. The molecule has 0 saturated carbocycles. The molecule has 0 bridgehead atoms. The van der Waals surface area contributed by atoms with Gasteiger partial charge in [0.05, 0.1) is 0 Å². The van der Waals surface area contributed by atoms with Crippen LogP contribution in [0.1, 0.15) is 12.8 Å². The summed E-state index contributed by atoms with van der Waals surface area (Å²) in [6.07, 6.45) is 1.54. The van der Waals surface area contributed by atoms with Gasteiger partial charge in [0.25, 0.3) is 0 Å². The molecule has 5 heteroatoms. The highest BCUT2D eigenvalue weighted by atomic mass is 35.5. The fraction of sp³-hybridized carbons (Fsp3) is 0.857. The average Bonchev–Trinajstić information content (AvgIpc) is 2.04. The standard InChI is InChI=1S/C7H14Cl2N2O/c8-3-1-5-11(7(10)12)6-2-4-9/h1-6H2,(H2,10,12). The molecule has 2 N–H and O–H groups in total. The zero-order valence-corrected chi connectivity index (χ0v) is 8.44. The van der Waals surface area contributed by atoms with E-state index in [2.05, 4.69) is 0 Å². The lowest BCUT2D eigenvalue weighted by atomic mass is 10.4. The third-order valence-electron chi connectivity index (χ3n) is 1.43. The number of hydrogen-bond donors (Lipinski definition) is 1. The number of primary amides is 1. The van der Waals surface area contributed by atoms with Gasteiger partial charge in [-0.3, -0.25) is 0 Å². The van der Waals surface area contributed by atoms with Gasteiger partial charge in [-0.1, -0.05) is 0 Å². The maximum Gasteiger partial charge on any atom is 0.314 e. The molecule has 0 heterocycles. The van der Waals surface area contributed by atoms with Crippen LogP contribution in [-0.4, -0.2) is 35.8 Å². The number of alkyl halides is 2. The topological polar surface area (TPSA) is 46.3 Å². The highest BCUT2D eigenvalue weighted by Crippen LogP contribution is 1.96. The van der Waals surface area contributed by atoms with Crippen LogP contribution in [0.15, 0.2) is 0 Å². The lowest BCUT2D eigenvalue weighted by Crippen LogP contribution is -2.37. The number of urea groups is 1. The molecule has 0 spiro atoms. The summed E-state index contributed by atoms with van der Waals surface area (Å²) >= 11 is 11.0. The first kappa shape index (κ1) is 11.8. The van der Waals surface area contributed by atoms with Crippen molar-refractivity contribution >= 4 is 29.2 Å². The molecule has 0 aromatic rings. The Morgan fingerprint density at radius 2 is 1.58 bits per heavy atom. The van der Waals surface area contributed by atoms with Crippen molar-refractivity contribution in [2.45, 2.75) is 12.8 Å². The Morgan fingerprint density at radius 1 is 1.17 bits per heavy atom. The van der Waals surface area contributed by atoms with Crippen molar-refractivity contribution in [2.24, 2.45) is 5.73 Å². The second-order valence-corrected chi connectivity index (χ2v) is 3.17. The van der Waals surface area contributed by atoms with Crippen LogP contribution in [0.3, 0.4) is 0 Å². The van der Waals surface area contributed by atoms with E-state index in [9.17, 15) is 4.79 Å². The van der Waals surface area contributed by atoms with Gasteiger partial charge in [0.2, 0.25) is 0 Å². The van der Waals surface area contributed by atoms with Crippen molar-refractivity contribution in [2.75, 3.05) is 24.8 Å². The normalized spacial score (nSPS) is 9.83. The summed E-state index contributed by atoms with van der Waals surface area (Å²) in [7, 11) is 0. The van der Waals surface area contributed by atoms with E-state index in [1.165, 1.54) is 0 Å². The van der Waals surface area contributed by atoms with Crippen LogP contribution in [0.4, 0.5) is 4.79 Å². The first-order valence-electron chi connectivity index (χ1n) is 3.88. The summed E-state index contributed by atoms with van der Waals surface area (Å²) < 4.78 is 0. The number of halogens is 2. The third-order valence-corrected chi connectivity index (χ3v) is 1.97. The molecule has 0 aliphatic rings. The Kier molecular flexibility index (Phi) is 7.40. The van der Waals surface area contributed by atoms with Gasteiger partial charge in [-0.25, -0.2) is 4.79 Å². The Morgan fingerprint density at radius 3 is 1.83 bits per heavy atom. The lowest BCUT2D eigenvalue weighted by molar-refractivity contribution is 0.208. The molecule has 0 fully saturated rings. The molecule has 0 aromatic carbocycles. The first-order chi connectivity index (χ1) is 5.72. The molecule has 0 atom stereocenters. The largest absolute Gasteiger partial charge is 0.351 e. The molecule has 2 amide bonds. The number of nitrogens with zero attached hydrogens (tertiary/aromatic N) is 1. The Hall–Kier alpha value is -0.150. The van der Waals surface area contributed by atoms with Crippen LogP contribution in [0.2, 0.25) is 0 Å². The van der Waals surface area contributed by atoms with Crippen LogP contribution < -0.4 is 5.73 Å². The van der Waals surface area contributed by atoms with E-state index in [4.69, 9.17) is 28.9 Å². The molecule has 12 heavy (non-hydrogen) atoms. The van der Waals surface area contributed by atoms with Gasteiger partial charge in [0.15, 0.2) is 0 Å². The van der Waals surface area contributed by atoms with Gasteiger partial charge in [0, 0.05) is 24.8 Å². The van der Waals surface area contributed by atoms with Gasteiger partial charge in [0.1, 0.15) is 0 Å². The number of rotatable bonds is 6. The van der Waals surface area contributed by atoms with Crippen LogP contribution in [0.5, 0.6) is 0 Å². The fourth-order valence-corrected chi connectivity index (χ4v) is 1.07. The lowest BCUT2D eigenvalue weighted by Gasteiger charge is -2.18. The Bertz CT molecular complexity index is 125. The van der Waals surface area contributed by atoms with E-state index in [0.29, 0.717) is 24.8 Å². The first-order valence-corrected chi connectivity index (χ1v) is 4.95. The van der Waals surface area contributed by atoms with Crippen LogP contribution in [0, 0.1) is 0 Å². The minimum atomic E-state index is -0.398. The van der Waals surface area contributed by atoms with E-state index < -0.39 is 6.03 Å². The van der Waals surface area contributed by atoms with Crippen LogP contribution >= 0.6 is 23.2 Å². The van der Waals surface area contributed by atoms with E-state index >= 15 is 0 Å². The summed E-state index contributed by atoms with van der Waals surface area (Å²) in [5.41, 5.74) is 5.12. The predicted molar refractivity (Wildman–Crippen MR) is 51.8 cm³/mol. The van der Waals surface area contributed by atoms with Crippen molar-refractivity contribution in [3.05, 3.63) is 0 Å². The molecule has 3 nitrogen and oxygen atoms in total. The summed E-state index contributed by atoms with van der Waals surface area (Å²) in [5, 5.41) is 0. The smallest absolute Gasteiger partial charge is 0.314 e. The zero-order chi connectivity index (χ0) is 9.40. The molecule has 72 valence electrons. The molecule has 0 rings (SSSR count). The SMILES string of the molecule is NC(=O)N(CCCCl)CCCCl. The molecule has 0 aromatic heterocycles. The predicted octanol–water partition coefficient (Wildman–Crippen LogP) is 1.62. The highest BCUT2D eigenvalue weighted by molar-refractivity contribution is 6.18. The maximum absolute atomic E-state index is 10.8. The molecular weight excluding hydrogens is 199 g/mol. The van der Waals surface area contributed by atoms with E-state index in [0.717, 1.165) is 12.8 Å². The summed E-state index contributed by atoms with van der Waals surface area (Å²) in [5.74, 6) is 1.09. The second kappa shape index (κ2) is 7.50. The van der Waals surface area contributed by atoms with Gasteiger partial charge in [-0.15, -0.1) is 23.2 Å². The molecular formula is C7H14Cl2N2O. The van der Waals surface area contributed by atoms with E-state index in [-0.39, 0.29) is 0 Å². The highest BCUT2D eigenvalue weighted by Gasteiger charge is 2.07. The summed E-state index contributed by atoms with van der Waals surface area (Å²) in [6, 6.07) is -0.398. The van der Waals surface area contributed by atoms with Gasteiger partial charge in [-0.05, 0) is 12.8 Å². The zero-order valence-electron chi connectivity index (χ0n) is 6.93. The molecule has 0 radical (unpaired) electrons. The van der Waals surface area contributed by atoms with Crippen molar-refractivity contribution in [1.82, 2.24) is 4.90 Å². The van der Waals surface area contributed by atoms with Gasteiger partial charge >= 0.3 is 6.03 Å². The third kappa shape index (κ3) is 5.49. The number of carbonyl (C=O) groups excluding carboxylic acids is 1. The van der Waals surface area contributed by atoms with Crippen molar-refractivity contribution in [3.8, 4) is 0 Å². The van der Waals surface area contributed by atoms with E-state index in [1.807, 2.05) is 0 Å². The van der Waals surface area contributed by atoms with Crippen molar-refractivity contribution < 1.29 is 4.79 Å². The monoisotopic (exact) mass is 212 g/mol. The van der Waals surface area contributed by atoms with Gasteiger partial charge < -0.3 is 10.6 Å². The van der Waals surface area contributed by atoms with Gasteiger partial charge in [-0.2, -0.15) is 0 Å². The number of hydrogen-bond acceptors (Lipinski definition) is 1. The Balaban J connectivity index is 3.62. The summed E-state index contributed by atoms with van der Waals surface area (Å²) in [6.45, 7) is 1.24. The molecule has 0 aliphatic carbocycles. The second-order valence-electron chi connectivity index (χ2n) is 2.41. The minimum Gasteiger partial charge on any atom is -0.351 e. The molecule has 0 aliphatic heterocycles. The quantitative estimate of drug-likeness (QED) is 0.669. The van der Waals surface area contributed by atoms with Crippen molar-refractivity contribution in [3.63, 3.8) is 0 Å². The van der Waals surface area contributed by atoms with E-state index in [1.54, 1.807) is 4.90 Å². The summed E-state index contributed by atoms with van der Waals surface area (Å²) in [4.78, 5) is 12.3. The maximum atomic E-state index is 10.8. The Labute approximate surface area is 82.8 Å². The fourth-order valence-electron chi connectivity index (χ4n) is 0.833. The van der Waals surface area contributed by atoms with Crippen LogP contribution in [0.25, 0.3) is 0 Å². The minimum absolute atomic E-state index is 0.398. The average molecular weight is 213 g/mol. The van der Waals surface area contributed by atoms with Crippen LogP contribution in [-0.2, 0) is 0 Å². The molecule has 0 unspecified atom stereocenters. The van der Waals surface area contributed by atoms with Crippen molar-refractivity contribution in [1.29, 1.82) is 0 Å². The number of amides is 2.